The molecule has 1 saturated carbocycles. The van der Waals surface area contributed by atoms with E-state index < -0.39 is 36.5 Å². The topological polar surface area (TPSA) is 133 Å². The van der Waals surface area contributed by atoms with Gasteiger partial charge in [-0.1, -0.05) is 0 Å². The van der Waals surface area contributed by atoms with Gasteiger partial charge in [0, 0.05) is 0 Å². The zero-order chi connectivity index (χ0) is 9.46. The van der Waals surface area contributed by atoms with Crippen LogP contribution in [0.15, 0.2) is 0 Å². The lowest BCUT2D eigenvalue weighted by molar-refractivity contribution is -0.137. The quantitative estimate of drug-likeness (QED) is 0.224. The number of rotatable bonds is 0. The number of aliphatic hydroxyl groups excluding tert-OH is 4. The van der Waals surface area contributed by atoms with E-state index in [2.05, 4.69) is 0 Å². The van der Waals surface area contributed by atoms with Crippen molar-refractivity contribution in [2.24, 2.45) is 11.5 Å². The van der Waals surface area contributed by atoms with Crippen LogP contribution < -0.4 is 11.5 Å². The van der Waals surface area contributed by atoms with Crippen LogP contribution in [0.3, 0.4) is 0 Å². The first kappa shape index (κ1) is 9.85. The van der Waals surface area contributed by atoms with Crippen LogP contribution in [0, 0.1) is 0 Å². The van der Waals surface area contributed by atoms with Gasteiger partial charge < -0.3 is 31.9 Å². The molecule has 0 aliphatic heterocycles. The SMILES string of the molecule is N[C@@H]1C(O)[C@H](N)[C@@H](O)C(O)[C@H]1O. The van der Waals surface area contributed by atoms with Gasteiger partial charge in [0.15, 0.2) is 0 Å². The van der Waals surface area contributed by atoms with Crippen LogP contribution >= 0.6 is 0 Å². The van der Waals surface area contributed by atoms with E-state index in [1.165, 1.54) is 0 Å². The predicted octanol–water partition coefficient (Wildman–Crippen LogP) is -3.90. The Hall–Kier alpha value is -0.240. The number of hydrogen-bond donors (Lipinski definition) is 6. The van der Waals surface area contributed by atoms with Gasteiger partial charge in [0.05, 0.1) is 18.2 Å². The largest absolute Gasteiger partial charge is 0.390 e. The van der Waals surface area contributed by atoms with Gasteiger partial charge in [-0.2, -0.15) is 0 Å². The lowest BCUT2D eigenvalue weighted by Gasteiger charge is -2.40. The molecule has 0 aromatic rings. The summed E-state index contributed by atoms with van der Waals surface area (Å²) in [7, 11) is 0. The van der Waals surface area contributed by atoms with E-state index in [4.69, 9.17) is 26.8 Å². The zero-order valence-corrected chi connectivity index (χ0v) is 6.41. The molecule has 2 unspecified atom stereocenters. The Balaban J connectivity index is 2.76. The van der Waals surface area contributed by atoms with Crippen molar-refractivity contribution in [2.45, 2.75) is 36.5 Å². The van der Waals surface area contributed by atoms with Crippen molar-refractivity contribution in [1.82, 2.24) is 0 Å². The Morgan fingerprint density at radius 3 is 1.25 bits per heavy atom. The highest BCUT2D eigenvalue weighted by molar-refractivity contribution is 5.02. The molecule has 1 fully saturated rings. The molecule has 0 bridgehead atoms. The Bertz CT molecular complexity index is 109. The molecular weight excluding hydrogens is 164 g/mol. The van der Waals surface area contributed by atoms with Crippen LogP contribution in [-0.4, -0.2) is 56.9 Å². The van der Waals surface area contributed by atoms with Gasteiger partial charge in [-0.25, -0.2) is 0 Å². The van der Waals surface area contributed by atoms with Crippen molar-refractivity contribution in [1.29, 1.82) is 0 Å². The molecule has 1 aliphatic carbocycles. The van der Waals surface area contributed by atoms with E-state index in [1.807, 2.05) is 0 Å². The highest BCUT2D eigenvalue weighted by atomic mass is 16.4. The van der Waals surface area contributed by atoms with E-state index in [1.54, 1.807) is 0 Å². The summed E-state index contributed by atoms with van der Waals surface area (Å²) in [6, 6.07) is -2.03. The molecule has 8 N–H and O–H groups in total. The second-order valence-corrected chi connectivity index (χ2v) is 3.12. The third kappa shape index (κ3) is 1.33. The number of hydrogen-bond acceptors (Lipinski definition) is 6. The van der Waals surface area contributed by atoms with Gasteiger partial charge >= 0.3 is 0 Å². The van der Waals surface area contributed by atoms with E-state index in [0.717, 1.165) is 0 Å². The maximum atomic E-state index is 9.22. The Labute approximate surface area is 69.4 Å². The summed E-state index contributed by atoms with van der Waals surface area (Å²) >= 11 is 0. The average molecular weight is 178 g/mol. The average Bonchev–Trinajstić information content (AvgIpc) is 2.08. The van der Waals surface area contributed by atoms with E-state index in [0.29, 0.717) is 0 Å². The number of aliphatic hydroxyl groups is 4. The van der Waals surface area contributed by atoms with Crippen molar-refractivity contribution in [3.8, 4) is 0 Å². The third-order valence-corrected chi connectivity index (χ3v) is 2.28. The van der Waals surface area contributed by atoms with Gasteiger partial charge in [0.2, 0.25) is 0 Å². The van der Waals surface area contributed by atoms with Crippen LogP contribution in [-0.2, 0) is 0 Å². The van der Waals surface area contributed by atoms with Gasteiger partial charge in [-0.15, -0.1) is 0 Å². The molecule has 0 saturated heterocycles. The maximum absolute atomic E-state index is 9.22. The molecule has 0 radical (unpaired) electrons. The minimum Gasteiger partial charge on any atom is -0.390 e. The molecule has 1 aliphatic rings. The number of nitrogens with two attached hydrogens (primary N) is 2. The summed E-state index contributed by atoms with van der Waals surface area (Å²) in [6.45, 7) is 0. The fourth-order valence-corrected chi connectivity index (χ4v) is 1.32. The van der Waals surface area contributed by atoms with Gasteiger partial charge in [0.1, 0.15) is 18.3 Å². The van der Waals surface area contributed by atoms with Crippen LogP contribution in [0.2, 0.25) is 0 Å². The molecule has 0 aromatic carbocycles. The minimum atomic E-state index is -1.39. The third-order valence-electron chi connectivity index (χ3n) is 2.28. The molecular formula is C6H14N2O4. The molecule has 72 valence electrons. The van der Waals surface area contributed by atoms with Crippen LogP contribution in [0.25, 0.3) is 0 Å². The Kier molecular flexibility index (Phi) is 2.67. The highest BCUT2D eigenvalue weighted by Gasteiger charge is 2.45. The zero-order valence-electron chi connectivity index (χ0n) is 6.41. The van der Waals surface area contributed by atoms with Crippen LogP contribution in [0.4, 0.5) is 0 Å². The maximum Gasteiger partial charge on any atom is 0.109 e. The normalized spacial score (nSPS) is 55.5. The Morgan fingerprint density at radius 2 is 0.917 bits per heavy atom. The Morgan fingerprint density at radius 1 is 0.583 bits per heavy atom. The smallest absolute Gasteiger partial charge is 0.109 e. The lowest BCUT2D eigenvalue weighted by Crippen LogP contribution is -2.69. The summed E-state index contributed by atoms with van der Waals surface area (Å²) in [4.78, 5) is 0. The first-order chi connectivity index (χ1) is 5.46. The van der Waals surface area contributed by atoms with Crippen molar-refractivity contribution >= 4 is 0 Å². The van der Waals surface area contributed by atoms with Crippen molar-refractivity contribution in [3.63, 3.8) is 0 Å². The van der Waals surface area contributed by atoms with Crippen molar-refractivity contribution < 1.29 is 20.4 Å². The van der Waals surface area contributed by atoms with E-state index >= 15 is 0 Å². The first-order valence-electron chi connectivity index (χ1n) is 3.70. The summed E-state index contributed by atoms with van der Waals surface area (Å²) in [6.07, 6.45) is -5.26. The van der Waals surface area contributed by atoms with Gasteiger partial charge in [-0.05, 0) is 0 Å². The molecule has 6 heteroatoms. The van der Waals surface area contributed by atoms with Gasteiger partial charge in [-0.3, -0.25) is 0 Å². The van der Waals surface area contributed by atoms with Crippen molar-refractivity contribution in [2.75, 3.05) is 0 Å². The highest BCUT2D eigenvalue weighted by Crippen LogP contribution is 2.18. The standard InChI is InChI=1S/C6H14N2O4/c7-1-3(9)2(8)5(11)6(12)4(1)10/h1-6,9-12H,7-8H2/t1-,2+,3?,4+,5-,6?. The molecule has 0 spiro atoms. The molecule has 6 atom stereocenters. The van der Waals surface area contributed by atoms with Crippen LogP contribution in [0.5, 0.6) is 0 Å². The van der Waals surface area contributed by atoms with Gasteiger partial charge in [0.25, 0.3) is 0 Å². The predicted molar refractivity (Wildman–Crippen MR) is 40.0 cm³/mol. The fourth-order valence-electron chi connectivity index (χ4n) is 1.32. The van der Waals surface area contributed by atoms with Crippen molar-refractivity contribution in [3.05, 3.63) is 0 Å². The second-order valence-electron chi connectivity index (χ2n) is 3.12. The van der Waals surface area contributed by atoms with E-state index in [-0.39, 0.29) is 0 Å². The van der Waals surface area contributed by atoms with E-state index in [9.17, 15) is 5.11 Å². The molecule has 0 heterocycles. The first-order valence-corrected chi connectivity index (χ1v) is 3.70. The fraction of sp³-hybridized carbons (Fsp3) is 1.00. The summed E-state index contributed by atoms with van der Waals surface area (Å²) < 4.78 is 0. The summed E-state index contributed by atoms with van der Waals surface area (Å²) in [5.41, 5.74) is 10.6. The molecule has 0 aromatic heterocycles. The summed E-state index contributed by atoms with van der Waals surface area (Å²) in [5, 5.41) is 36.7. The molecule has 0 amide bonds. The van der Waals surface area contributed by atoms with Crippen LogP contribution in [0.1, 0.15) is 0 Å². The monoisotopic (exact) mass is 178 g/mol. The lowest BCUT2D eigenvalue weighted by atomic mass is 9.82. The molecule has 12 heavy (non-hydrogen) atoms. The molecule has 6 nitrogen and oxygen atoms in total. The summed E-state index contributed by atoms with van der Waals surface area (Å²) in [5.74, 6) is 0. The second kappa shape index (κ2) is 3.25. The molecule has 1 rings (SSSR count). The minimum absolute atomic E-state index is 1.02.